The predicted molar refractivity (Wildman–Crippen MR) is 82.4 cm³/mol. The Hall–Kier alpha value is -2.13. The van der Waals surface area contributed by atoms with Crippen LogP contribution in [0.25, 0.3) is 10.9 Å². The molecule has 102 valence electrons. The van der Waals surface area contributed by atoms with Gasteiger partial charge in [-0.3, -0.25) is 4.68 Å². The van der Waals surface area contributed by atoms with Gasteiger partial charge in [-0.2, -0.15) is 5.10 Å². The van der Waals surface area contributed by atoms with Crippen LogP contribution in [0.1, 0.15) is 18.2 Å². The van der Waals surface area contributed by atoms with Gasteiger partial charge in [-0.15, -0.1) is 0 Å². The van der Waals surface area contributed by atoms with Crippen LogP contribution in [0.3, 0.4) is 0 Å². The van der Waals surface area contributed by atoms with Crippen LogP contribution in [0.15, 0.2) is 54.6 Å². The molecule has 2 aromatic carbocycles. The van der Waals surface area contributed by atoms with Crippen molar-refractivity contribution in [3.8, 4) is 0 Å². The molecule has 20 heavy (non-hydrogen) atoms. The normalized spacial score (nSPS) is 14.3. The van der Waals surface area contributed by atoms with Crippen LogP contribution in [0.5, 0.6) is 0 Å². The fourth-order valence-corrected chi connectivity index (χ4v) is 2.69. The van der Waals surface area contributed by atoms with Gasteiger partial charge in [0.15, 0.2) is 0 Å². The third-order valence-corrected chi connectivity index (χ3v) is 3.80. The summed E-state index contributed by atoms with van der Waals surface area (Å²) in [7, 11) is 1.97. The summed E-state index contributed by atoms with van der Waals surface area (Å²) in [6, 6.07) is 18.5. The molecular formula is C17H19N3. The zero-order valence-electron chi connectivity index (χ0n) is 11.9. The molecule has 2 N–H and O–H groups in total. The van der Waals surface area contributed by atoms with Gasteiger partial charge in [0.2, 0.25) is 0 Å². The average molecular weight is 265 g/mol. The topological polar surface area (TPSA) is 43.8 Å². The molecule has 1 heterocycles. The summed E-state index contributed by atoms with van der Waals surface area (Å²) in [5.41, 5.74) is 9.43. The van der Waals surface area contributed by atoms with Crippen molar-refractivity contribution >= 4 is 10.9 Å². The molecule has 0 amide bonds. The Labute approximate surface area is 119 Å². The first kappa shape index (κ1) is 12.9. The van der Waals surface area contributed by atoms with E-state index in [0.29, 0.717) is 0 Å². The van der Waals surface area contributed by atoms with Gasteiger partial charge in [0.1, 0.15) is 0 Å². The molecule has 0 fully saturated rings. The van der Waals surface area contributed by atoms with Crippen molar-refractivity contribution in [3.05, 3.63) is 65.9 Å². The predicted octanol–water partition coefficient (Wildman–Crippen LogP) is 2.99. The van der Waals surface area contributed by atoms with E-state index in [0.717, 1.165) is 23.2 Å². The monoisotopic (exact) mass is 265 g/mol. The molecule has 0 spiro atoms. The summed E-state index contributed by atoms with van der Waals surface area (Å²) >= 11 is 0. The van der Waals surface area contributed by atoms with E-state index in [1.807, 2.05) is 42.1 Å². The van der Waals surface area contributed by atoms with Gasteiger partial charge in [-0.1, -0.05) is 48.5 Å². The lowest BCUT2D eigenvalue weighted by atomic mass is 9.88. The molecule has 0 radical (unpaired) electrons. The highest BCUT2D eigenvalue weighted by Crippen LogP contribution is 2.26. The van der Waals surface area contributed by atoms with Gasteiger partial charge in [0.25, 0.3) is 0 Å². The van der Waals surface area contributed by atoms with Gasteiger partial charge in [-0.05, 0) is 18.6 Å². The fourth-order valence-electron chi connectivity index (χ4n) is 2.69. The van der Waals surface area contributed by atoms with Crippen molar-refractivity contribution in [2.24, 2.45) is 12.8 Å². The van der Waals surface area contributed by atoms with Crippen LogP contribution in [-0.2, 0) is 19.0 Å². The number of nitrogens with two attached hydrogens (primary N) is 1. The summed E-state index contributed by atoms with van der Waals surface area (Å²) in [4.78, 5) is 0. The van der Waals surface area contributed by atoms with E-state index in [9.17, 15) is 0 Å². The third-order valence-electron chi connectivity index (χ3n) is 3.80. The quantitative estimate of drug-likeness (QED) is 0.791. The molecule has 0 bridgehead atoms. The molecule has 3 aromatic rings. The highest BCUT2D eigenvalue weighted by molar-refractivity contribution is 5.82. The van der Waals surface area contributed by atoms with Gasteiger partial charge >= 0.3 is 0 Å². The van der Waals surface area contributed by atoms with E-state index < -0.39 is 5.54 Å². The fraction of sp³-hybridized carbons (Fsp3) is 0.235. The third kappa shape index (κ3) is 2.21. The Morgan fingerprint density at radius 2 is 1.70 bits per heavy atom. The minimum atomic E-state index is -0.418. The van der Waals surface area contributed by atoms with Crippen molar-refractivity contribution in [1.29, 1.82) is 0 Å². The number of aryl methyl sites for hydroxylation is 1. The molecule has 0 aliphatic carbocycles. The van der Waals surface area contributed by atoms with Crippen molar-refractivity contribution < 1.29 is 0 Å². The molecule has 1 aromatic heterocycles. The highest BCUT2D eigenvalue weighted by Gasteiger charge is 2.24. The zero-order chi connectivity index (χ0) is 14.2. The number of benzene rings is 2. The van der Waals surface area contributed by atoms with E-state index in [2.05, 4.69) is 36.3 Å². The smallest absolute Gasteiger partial charge is 0.0724 e. The average Bonchev–Trinajstić information content (AvgIpc) is 2.76. The van der Waals surface area contributed by atoms with Gasteiger partial charge < -0.3 is 5.73 Å². The number of fused-ring (bicyclic) bond motifs is 1. The lowest BCUT2D eigenvalue weighted by Gasteiger charge is -2.24. The Kier molecular flexibility index (Phi) is 3.07. The van der Waals surface area contributed by atoms with Crippen molar-refractivity contribution in [2.75, 3.05) is 0 Å². The molecule has 1 atom stereocenters. The molecule has 0 saturated heterocycles. The SMILES string of the molecule is Cn1nc(CC(C)(N)c2ccccc2)c2ccccc21. The van der Waals surface area contributed by atoms with Crippen LogP contribution in [0.2, 0.25) is 0 Å². The van der Waals surface area contributed by atoms with E-state index in [4.69, 9.17) is 5.73 Å². The number of hydrogen-bond acceptors (Lipinski definition) is 2. The van der Waals surface area contributed by atoms with Crippen LogP contribution in [-0.4, -0.2) is 9.78 Å². The Morgan fingerprint density at radius 3 is 2.45 bits per heavy atom. The second kappa shape index (κ2) is 4.76. The molecule has 3 nitrogen and oxygen atoms in total. The minimum absolute atomic E-state index is 0.418. The number of rotatable bonds is 3. The lowest BCUT2D eigenvalue weighted by molar-refractivity contribution is 0.483. The van der Waals surface area contributed by atoms with Crippen LogP contribution < -0.4 is 5.73 Å². The summed E-state index contributed by atoms with van der Waals surface area (Å²) < 4.78 is 1.92. The lowest BCUT2D eigenvalue weighted by Crippen LogP contribution is -2.35. The number of nitrogens with zero attached hydrogens (tertiary/aromatic N) is 2. The van der Waals surface area contributed by atoms with Crippen molar-refractivity contribution in [2.45, 2.75) is 18.9 Å². The van der Waals surface area contributed by atoms with E-state index >= 15 is 0 Å². The summed E-state index contributed by atoms with van der Waals surface area (Å²) in [5.74, 6) is 0. The first-order valence-electron chi connectivity index (χ1n) is 6.83. The molecule has 1 unspecified atom stereocenters. The molecule has 3 rings (SSSR count). The summed E-state index contributed by atoms with van der Waals surface area (Å²) in [6.07, 6.45) is 0.721. The molecular weight excluding hydrogens is 246 g/mol. The standard InChI is InChI=1S/C17H19N3/c1-17(18,13-8-4-3-5-9-13)12-15-14-10-6-7-11-16(14)20(2)19-15/h3-11H,12,18H2,1-2H3. The molecule has 0 saturated carbocycles. The molecule has 0 aliphatic heterocycles. The van der Waals surface area contributed by atoms with Crippen LogP contribution >= 0.6 is 0 Å². The maximum absolute atomic E-state index is 6.52. The summed E-state index contributed by atoms with van der Waals surface area (Å²) in [5, 5.41) is 5.82. The van der Waals surface area contributed by atoms with Crippen molar-refractivity contribution in [3.63, 3.8) is 0 Å². The summed E-state index contributed by atoms with van der Waals surface area (Å²) in [6.45, 7) is 2.06. The van der Waals surface area contributed by atoms with Crippen LogP contribution in [0.4, 0.5) is 0 Å². The number of para-hydroxylation sites is 1. The first-order valence-corrected chi connectivity index (χ1v) is 6.83. The van der Waals surface area contributed by atoms with Gasteiger partial charge in [-0.25, -0.2) is 0 Å². The second-order valence-electron chi connectivity index (χ2n) is 5.55. The maximum atomic E-state index is 6.52. The largest absolute Gasteiger partial charge is 0.321 e. The maximum Gasteiger partial charge on any atom is 0.0724 e. The molecule has 3 heteroatoms. The minimum Gasteiger partial charge on any atom is -0.321 e. The van der Waals surface area contributed by atoms with E-state index in [1.54, 1.807) is 0 Å². The number of aromatic nitrogens is 2. The molecule has 0 aliphatic rings. The highest BCUT2D eigenvalue weighted by atomic mass is 15.3. The Balaban J connectivity index is 2.01. The second-order valence-corrected chi connectivity index (χ2v) is 5.55. The van der Waals surface area contributed by atoms with E-state index in [-0.39, 0.29) is 0 Å². The van der Waals surface area contributed by atoms with Crippen molar-refractivity contribution in [1.82, 2.24) is 9.78 Å². The number of hydrogen-bond donors (Lipinski definition) is 1. The van der Waals surface area contributed by atoms with Gasteiger partial charge in [0.05, 0.1) is 11.2 Å². The Bertz CT molecular complexity index is 726. The van der Waals surface area contributed by atoms with Gasteiger partial charge in [0, 0.05) is 24.4 Å². The van der Waals surface area contributed by atoms with E-state index in [1.165, 1.54) is 5.39 Å². The van der Waals surface area contributed by atoms with Crippen LogP contribution in [0, 0.1) is 0 Å². The zero-order valence-corrected chi connectivity index (χ0v) is 11.9. The first-order chi connectivity index (χ1) is 9.58. The Morgan fingerprint density at radius 1 is 1.05 bits per heavy atom.